The summed E-state index contributed by atoms with van der Waals surface area (Å²) in [7, 11) is -1.88. The van der Waals surface area contributed by atoms with E-state index in [2.05, 4.69) is 15.6 Å². The fraction of sp³-hybridized carbons (Fsp3) is 0.476. The van der Waals surface area contributed by atoms with Gasteiger partial charge in [-0.1, -0.05) is 30.3 Å². The highest BCUT2D eigenvalue weighted by molar-refractivity contribution is 7.89. The number of carbonyl (C=O) groups excluding carboxylic acids is 1. The first-order chi connectivity index (χ1) is 15.4. The van der Waals surface area contributed by atoms with Gasteiger partial charge in [0, 0.05) is 45.3 Å². The first-order valence-corrected chi connectivity index (χ1v) is 11.9. The Labute approximate surface area is 188 Å². The number of benzene rings is 1. The Morgan fingerprint density at radius 2 is 1.81 bits per heavy atom. The van der Waals surface area contributed by atoms with Gasteiger partial charge in [0.15, 0.2) is 5.03 Å². The standard InChI is InChI=1S/C20H29N5O3S.CH2O2/c1-24-15-20(23-16-24)29(27,28)25-12-6-5-10-22-19(26)14-18(21-11-7-13-25)17-8-3-2-4-9-17;2-1-3/h2-4,8-9,15-16,18,21H,5-7,10-14H2,1H3,(H,22,26);1H,(H,2,3). The van der Waals surface area contributed by atoms with Crippen LogP contribution in [0, 0.1) is 0 Å². The lowest BCUT2D eigenvalue weighted by atomic mass is 10.0. The number of nitrogens with zero attached hydrogens (tertiary/aromatic N) is 3. The molecule has 2 heterocycles. The molecule has 1 amide bonds. The molecule has 1 saturated heterocycles. The molecule has 1 aliphatic rings. The zero-order valence-electron chi connectivity index (χ0n) is 18.2. The molecule has 1 aliphatic heterocycles. The van der Waals surface area contributed by atoms with Crippen molar-refractivity contribution in [3.05, 3.63) is 48.4 Å². The quantitative estimate of drug-likeness (QED) is 0.579. The maximum Gasteiger partial charge on any atom is 0.290 e. The molecule has 11 heteroatoms. The van der Waals surface area contributed by atoms with Gasteiger partial charge in [-0.25, -0.2) is 13.4 Å². The molecule has 176 valence electrons. The first kappa shape index (κ1) is 25.5. The summed E-state index contributed by atoms with van der Waals surface area (Å²) in [5.41, 5.74) is 1.05. The number of amides is 1. The molecule has 1 atom stereocenters. The van der Waals surface area contributed by atoms with Gasteiger partial charge in [-0.3, -0.25) is 9.59 Å². The van der Waals surface area contributed by atoms with Crippen LogP contribution in [-0.2, 0) is 26.7 Å². The van der Waals surface area contributed by atoms with Crippen LogP contribution in [0.2, 0.25) is 0 Å². The van der Waals surface area contributed by atoms with Crippen molar-refractivity contribution in [1.82, 2.24) is 24.5 Å². The van der Waals surface area contributed by atoms with Crippen molar-refractivity contribution in [3.8, 4) is 0 Å². The van der Waals surface area contributed by atoms with Crippen molar-refractivity contribution < 1.29 is 23.1 Å². The molecule has 2 aromatic rings. The number of carboxylic acid groups (broad SMARTS) is 1. The average Bonchev–Trinajstić information content (AvgIpc) is 3.22. The van der Waals surface area contributed by atoms with Crippen molar-refractivity contribution in [2.75, 3.05) is 26.2 Å². The van der Waals surface area contributed by atoms with Crippen LogP contribution in [0.3, 0.4) is 0 Å². The maximum absolute atomic E-state index is 13.0. The lowest BCUT2D eigenvalue weighted by Crippen LogP contribution is -2.35. The van der Waals surface area contributed by atoms with Crippen molar-refractivity contribution in [1.29, 1.82) is 0 Å². The molecule has 1 fully saturated rings. The zero-order chi connectivity index (χ0) is 23.4. The van der Waals surface area contributed by atoms with Crippen LogP contribution in [0.5, 0.6) is 0 Å². The summed E-state index contributed by atoms with van der Waals surface area (Å²) in [6, 6.07) is 9.76. The summed E-state index contributed by atoms with van der Waals surface area (Å²) in [4.78, 5) is 24.7. The maximum atomic E-state index is 13.0. The summed E-state index contributed by atoms with van der Waals surface area (Å²) < 4.78 is 29.1. The van der Waals surface area contributed by atoms with Crippen molar-refractivity contribution in [3.63, 3.8) is 0 Å². The van der Waals surface area contributed by atoms with Gasteiger partial charge in [0.05, 0.1) is 6.33 Å². The predicted octanol–water partition coefficient (Wildman–Crippen LogP) is 1.13. The first-order valence-electron chi connectivity index (χ1n) is 10.5. The SMILES string of the molecule is Cn1cnc(S(=O)(=O)N2CCCCNC(=O)CC(c3ccccc3)NCCC2)c1.O=CO. The summed E-state index contributed by atoms with van der Waals surface area (Å²) in [5.74, 6) is 0.00330. The minimum absolute atomic E-state index is 0.00330. The number of sulfonamides is 1. The molecule has 1 aromatic heterocycles. The molecule has 1 aromatic carbocycles. The number of hydrogen-bond donors (Lipinski definition) is 3. The molecule has 3 rings (SSSR count). The van der Waals surface area contributed by atoms with Crippen LogP contribution in [0.4, 0.5) is 0 Å². The Morgan fingerprint density at radius 3 is 2.47 bits per heavy atom. The van der Waals surface area contributed by atoms with Crippen molar-refractivity contribution in [2.45, 2.75) is 36.8 Å². The second kappa shape index (κ2) is 12.9. The summed E-state index contributed by atoms with van der Waals surface area (Å²) in [6.07, 6.45) is 5.44. The third kappa shape index (κ3) is 7.74. The number of aryl methyl sites for hydroxylation is 1. The Kier molecular flexibility index (Phi) is 10.3. The molecule has 1 unspecified atom stereocenters. The molecule has 3 N–H and O–H groups in total. The Bertz CT molecular complexity index is 948. The Balaban J connectivity index is 0.00000114. The minimum atomic E-state index is -3.63. The van der Waals surface area contributed by atoms with Crippen LogP contribution in [0.1, 0.15) is 37.3 Å². The molecule has 0 saturated carbocycles. The molecule has 0 spiro atoms. The largest absolute Gasteiger partial charge is 0.483 e. The topological polar surface area (TPSA) is 134 Å². The van der Waals surface area contributed by atoms with E-state index in [0.29, 0.717) is 45.4 Å². The van der Waals surface area contributed by atoms with E-state index in [4.69, 9.17) is 9.90 Å². The minimum Gasteiger partial charge on any atom is -0.483 e. The van der Waals surface area contributed by atoms with E-state index in [0.717, 1.165) is 12.0 Å². The van der Waals surface area contributed by atoms with Crippen LogP contribution < -0.4 is 10.6 Å². The van der Waals surface area contributed by atoms with Crippen molar-refractivity contribution >= 4 is 22.4 Å². The highest BCUT2D eigenvalue weighted by Gasteiger charge is 2.26. The van der Waals surface area contributed by atoms with E-state index in [9.17, 15) is 13.2 Å². The van der Waals surface area contributed by atoms with Gasteiger partial charge in [0.1, 0.15) is 0 Å². The van der Waals surface area contributed by atoms with Gasteiger partial charge in [-0.2, -0.15) is 4.31 Å². The zero-order valence-corrected chi connectivity index (χ0v) is 19.0. The van der Waals surface area contributed by atoms with Gasteiger partial charge in [-0.15, -0.1) is 0 Å². The van der Waals surface area contributed by atoms with E-state index in [-0.39, 0.29) is 23.4 Å². The summed E-state index contributed by atoms with van der Waals surface area (Å²) in [6.45, 7) is 1.73. The monoisotopic (exact) mass is 465 g/mol. The third-order valence-electron chi connectivity index (χ3n) is 5.01. The van der Waals surface area contributed by atoms with Crippen LogP contribution >= 0.6 is 0 Å². The van der Waals surface area contributed by atoms with E-state index in [1.807, 2.05) is 30.3 Å². The fourth-order valence-electron chi connectivity index (χ4n) is 3.43. The van der Waals surface area contributed by atoms with Gasteiger partial charge in [-0.05, 0) is 31.4 Å². The van der Waals surface area contributed by atoms with Gasteiger partial charge in [0.2, 0.25) is 5.91 Å². The normalized spacial score (nSPS) is 19.3. The highest BCUT2D eigenvalue weighted by Crippen LogP contribution is 2.18. The summed E-state index contributed by atoms with van der Waals surface area (Å²) >= 11 is 0. The number of aromatic nitrogens is 2. The molecule has 10 nitrogen and oxygen atoms in total. The Hall–Kier alpha value is -2.76. The number of imidazole rings is 1. The number of rotatable bonds is 3. The van der Waals surface area contributed by atoms with Crippen LogP contribution in [-0.4, -0.2) is 65.9 Å². The third-order valence-corrected chi connectivity index (χ3v) is 6.79. The molecule has 0 radical (unpaired) electrons. The lowest BCUT2D eigenvalue weighted by molar-refractivity contribution is -0.123. The number of hydrogen-bond acceptors (Lipinski definition) is 6. The number of nitrogens with one attached hydrogen (secondary N) is 2. The van der Waals surface area contributed by atoms with E-state index in [1.54, 1.807) is 11.6 Å². The van der Waals surface area contributed by atoms with Crippen LogP contribution in [0.15, 0.2) is 47.9 Å². The predicted molar refractivity (Wildman–Crippen MR) is 119 cm³/mol. The molecule has 0 aliphatic carbocycles. The smallest absolute Gasteiger partial charge is 0.290 e. The van der Waals surface area contributed by atoms with E-state index < -0.39 is 10.0 Å². The van der Waals surface area contributed by atoms with Crippen molar-refractivity contribution in [2.24, 2.45) is 7.05 Å². The lowest BCUT2D eigenvalue weighted by Gasteiger charge is -2.22. The van der Waals surface area contributed by atoms with Gasteiger partial charge in [0.25, 0.3) is 16.5 Å². The second-order valence-electron chi connectivity index (χ2n) is 7.42. The average molecular weight is 466 g/mol. The van der Waals surface area contributed by atoms with Gasteiger partial charge >= 0.3 is 0 Å². The summed E-state index contributed by atoms with van der Waals surface area (Å²) in [5, 5.41) is 13.3. The van der Waals surface area contributed by atoms with Crippen LogP contribution in [0.25, 0.3) is 0 Å². The van der Waals surface area contributed by atoms with E-state index in [1.165, 1.54) is 16.8 Å². The van der Waals surface area contributed by atoms with E-state index >= 15 is 0 Å². The molecular formula is C21H31N5O5S. The second-order valence-corrected chi connectivity index (χ2v) is 9.30. The molecule has 32 heavy (non-hydrogen) atoms. The highest BCUT2D eigenvalue weighted by atomic mass is 32.2. The van der Waals surface area contributed by atoms with Gasteiger partial charge < -0.3 is 20.3 Å². The number of carbonyl (C=O) groups is 2. The fourth-order valence-corrected chi connectivity index (χ4v) is 4.91. The molecule has 0 bridgehead atoms. The Morgan fingerprint density at radius 1 is 1.12 bits per heavy atom. The molecular weight excluding hydrogens is 434 g/mol.